The zero-order valence-electron chi connectivity index (χ0n) is 10.1. The highest BCUT2D eigenvalue weighted by Crippen LogP contribution is 2.20. The van der Waals surface area contributed by atoms with Crippen LogP contribution in [0.25, 0.3) is 10.8 Å². The minimum Gasteiger partial charge on any atom is -0.353 e. The predicted molar refractivity (Wildman–Crippen MR) is 72.5 cm³/mol. The van der Waals surface area contributed by atoms with Crippen molar-refractivity contribution in [2.75, 3.05) is 13.1 Å². The van der Waals surface area contributed by atoms with Gasteiger partial charge in [0.15, 0.2) is 0 Å². The largest absolute Gasteiger partial charge is 0.353 e. The molecule has 1 aliphatic rings. The third kappa shape index (κ3) is 2.09. The minimum absolute atomic E-state index is 0.106. The Balaban J connectivity index is 1.92. The summed E-state index contributed by atoms with van der Waals surface area (Å²) in [5.74, 6) is 0.106. The summed E-state index contributed by atoms with van der Waals surface area (Å²) in [6.07, 6.45) is 0.743. The van der Waals surface area contributed by atoms with Crippen molar-refractivity contribution in [2.24, 2.45) is 0 Å². The lowest BCUT2D eigenvalue weighted by Gasteiger charge is -2.23. The number of hydrogen-bond acceptors (Lipinski definition) is 2. The van der Waals surface area contributed by atoms with Crippen LogP contribution in [0.5, 0.6) is 0 Å². The monoisotopic (exact) mass is 240 g/mol. The second kappa shape index (κ2) is 4.78. The van der Waals surface area contributed by atoms with Crippen LogP contribution in [0.3, 0.4) is 0 Å². The summed E-state index contributed by atoms with van der Waals surface area (Å²) in [5, 5.41) is 8.63. The molecule has 3 heteroatoms. The third-order valence-corrected chi connectivity index (χ3v) is 3.44. The number of amides is 1. The summed E-state index contributed by atoms with van der Waals surface area (Å²) in [6, 6.07) is 14.5. The zero-order valence-corrected chi connectivity index (χ0v) is 10.1. The molecule has 3 rings (SSSR count). The summed E-state index contributed by atoms with van der Waals surface area (Å²) < 4.78 is 0. The quantitative estimate of drug-likeness (QED) is 0.834. The maximum atomic E-state index is 11.8. The van der Waals surface area contributed by atoms with Gasteiger partial charge in [0.1, 0.15) is 0 Å². The molecule has 1 aliphatic heterocycles. The molecule has 92 valence electrons. The van der Waals surface area contributed by atoms with Gasteiger partial charge in [-0.1, -0.05) is 42.5 Å². The van der Waals surface area contributed by atoms with Gasteiger partial charge in [-0.3, -0.25) is 4.79 Å². The van der Waals surface area contributed by atoms with E-state index in [1.165, 1.54) is 16.3 Å². The molecule has 0 aromatic heterocycles. The van der Waals surface area contributed by atoms with E-state index in [4.69, 9.17) is 0 Å². The molecule has 1 amide bonds. The molecule has 0 aliphatic carbocycles. The molecule has 2 aromatic carbocycles. The van der Waals surface area contributed by atoms with E-state index in [1.54, 1.807) is 0 Å². The van der Waals surface area contributed by atoms with Gasteiger partial charge in [-0.25, -0.2) is 0 Å². The minimum atomic E-state index is -0.107. The number of nitrogens with one attached hydrogen (secondary N) is 2. The van der Waals surface area contributed by atoms with Crippen LogP contribution in [-0.2, 0) is 11.2 Å². The van der Waals surface area contributed by atoms with Gasteiger partial charge in [-0.15, -0.1) is 0 Å². The summed E-state index contributed by atoms with van der Waals surface area (Å²) in [6.45, 7) is 1.58. The molecule has 3 nitrogen and oxygen atoms in total. The van der Waals surface area contributed by atoms with Gasteiger partial charge in [-0.2, -0.15) is 0 Å². The van der Waals surface area contributed by atoms with Crippen molar-refractivity contribution in [1.82, 2.24) is 10.6 Å². The summed E-state index contributed by atoms with van der Waals surface area (Å²) in [4.78, 5) is 11.8. The van der Waals surface area contributed by atoms with Gasteiger partial charge in [0, 0.05) is 13.1 Å². The zero-order chi connectivity index (χ0) is 12.4. The number of rotatable bonds is 2. The Kier molecular flexibility index (Phi) is 2.99. The summed E-state index contributed by atoms with van der Waals surface area (Å²) in [5.41, 5.74) is 1.22. The molecule has 0 radical (unpaired) electrons. The predicted octanol–water partition coefficient (Wildman–Crippen LogP) is 1.47. The first-order chi connectivity index (χ1) is 8.84. The lowest BCUT2D eigenvalue weighted by molar-refractivity contribution is -0.124. The SMILES string of the molecule is O=C1NCCNC1Cc1cccc2ccccc12. The Morgan fingerprint density at radius 1 is 1.06 bits per heavy atom. The standard InChI is InChI=1S/C15H16N2O/c18-15-14(16-8-9-17-15)10-12-6-3-5-11-4-1-2-7-13(11)12/h1-7,14,16H,8-10H2,(H,17,18). The van der Waals surface area contributed by atoms with Crippen LogP contribution in [0.15, 0.2) is 42.5 Å². The molecule has 0 saturated carbocycles. The molecule has 1 fully saturated rings. The van der Waals surface area contributed by atoms with Gasteiger partial charge in [0.25, 0.3) is 0 Å². The highest BCUT2D eigenvalue weighted by atomic mass is 16.2. The fourth-order valence-corrected chi connectivity index (χ4v) is 2.50. The van der Waals surface area contributed by atoms with Crippen LogP contribution in [0.4, 0.5) is 0 Å². The van der Waals surface area contributed by atoms with Crippen molar-refractivity contribution >= 4 is 16.7 Å². The van der Waals surface area contributed by atoms with E-state index in [0.29, 0.717) is 0 Å². The molecule has 0 spiro atoms. The fraction of sp³-hybridized carbons (Fsp3) is 0.267. The molecule has 18 heavy (non-hydrogen) atoms. The van der Waals surface area contributed by atoms with Crippen LogP contribution in [-0.4, -0.2) is 25.0 Å². The number of carbonyl (C=O) groups excluding carboxylic acids is 1. The Morgan fingerprint density at radius 2 is 1.89 bits per heavy atom. The average Bonchev–Trinajstić information content (AvgIpc) is 2.42. The smallest absolute Gasteiger partial charge is 0.237 e. The topological polar surface area (TPSA) is 41.1 Å². The fourth-order valence-electron chi connectivity index (χ4n) is 2.50. The Bertz CT molecular complexity index is 574. The van der Waals surface area contributed by atoms with E-state index < -0.39 is 0 Å². The molecular formula is C15H16N2O. The Labute approximate surface area is 106 Å². The van der Waals surface area contributed by atoms with Crippen LogP contribution in [0, 0.1) is 0 Å². The maximum absolute atomic E-state index is 11.8. The van der Waals surface area contributed by atoms with Crippen LogP contribution < -0.4 is 10.6 Å². The van der Waals surface area contributed by atoms with Gasteiger partial charge >= 0.3 is 0 Å². The number of carbonyl (C=O) groups is 1. The molecule has 2 aromatic rings. The number of benzene rings is 2. The Hall–Kier alpha value is -1.87. The molecule has 0 bridgehead atoms. The normalized spacial score (nSPS) is 19.8. The second-order valence-electron chi connectivity index (χ2n) is 4.64. The first-order valence-electron chi connectivity index (χ1n) is 6.32. The first kappa shape index (κ1) is 11.2. The van der Waals surface area contributed by atoms with E-state index >= 15 is 0 Å². The van der Waals surface area contributed by atoms with E-state index in [0.717, 1.165) is 19.5 Å². The van der Waals surface area contributed by atoms with Crippen LogP contribution in [0.1, 0.15) is 5.56 Å². The lowest BCUT2D eigenvalue weighted by Crippen LogP contribution is -2.53. The van der Waals surface area contributed by atoms with E-state index in [9.17, 15) is 4.79 Å². The maximum Gasteiger partial charge on any atom is 0.237 e. The average molecular weight is 240 g/mol. The highest BCUT2D eigenvalue weighted by Gasteiger charge is 2.21. The number of piperazine rings is 1. The van der Waals surface area contributed by atoms with Crippen molar-refractivity contribution in [3.05, 3.63) is 48.0 Å². The lowest BCUT2D eigenvalue weighted by atomic mass is 9.98. The molecule has 2 N–H and O–H groups in total. The molecule has 1 heterocycles. The highest BCUT2D eigenvalue weighted by molar-refractivity contribution is 5.87. The van der Waals surface area contributed by atoms with Gasteiger partial charge in [-0.05, 0) is 22.8 Å². The molecule has 1 unspecified atom stereocenters. The molecular weight excluding hydrogens is 224 g/mol. The van der Waals surface area contributed by atoms with Gasteiger partial charge < -0.3 is 10.6 Å². The third-order valence-electron chi connectivity index (χ3n) is 3.44. The summed E-state index contributed by atoms with van der Waals surface area (Å²) in [7, 11) is 0. The second-order valence-corrected chi connectivity index (χ2v) is 4.64. The molecule has 1 saturated heterocycles. The van der Waals surface area contributed by atoms with Crippen molar-refractivity contribution in [2.45, 2.75) is 12.5 Å². The van der Waals surface area contributed by atoms with Crippen LogP contribution >= 0.6 is 0 Å². The van der Waals surface area contributed by atoms with Crippen LogP contribution in [0.2, 0.25) is 0 Å². The molecule has 1 atom stereocenters. The van der Waals surface area contributed by atoms with Crippen molar-refractivity contribution in [3.63, 3.8) is 0 Å². The van der Waals surface area contributed by atoms with E-state index in [1.807, 2.05) is 12.1 Å². The van der Waals surface area contributed by atoms with Gasteiger partial charge in [0.2, 0.25) is 5.91 Å². The number of fused-ring (bicyclic) bond motifs is 1. The van der Waals surface area contributed by atoms with Crippen molar-refractivity contribution < 1.29 is 4.79 Å². The Morgan fingerprint density at radius 3 is 2.78 bits per heavy atom. The van der Waals surface area contributed by atoms with Crippen molar-refractivity contribution in [3.8, 4) is 0 Å². The van der Waals surface area contributed by atoms with Gasteiger partial charge in [0.05, 0.1) is 6.04 Å². The van der Waals surface area contributed by atoms with Crippen molar-refractivity contribution in [1.29, 1.82) is 0 Å². The number of hydrogen-bond donors (Lipinski definition) is 2. The van der Waals surface area contributed by atoms with E-state index in [2.05, 4.69) is 41.0 Å². The summed E-state index contributed by atoms with van der Waals surface area (Å²) >= 11 is 0. The first-order valence-corrected chi connectivity index (χ1v) is 6.32. The van der Waals surface area contributed by atoms with E-state index in [-0.39, 0.29) is 11.9 Å².